The van der Waals surface area contributed by atoms with Crippen LogP contribution in [0.1, 0.15) is 29.8 Å². The van der Waals surface area contributed by atoms with Crippen LogP contribution in [0.5, 0.6) is 0 Å². The van der Waals surface area contributed by atoms with E-state index in [-0.39, 0.29) is 5.97 Å². The number of hydrogen-bond acceptors (Lipinski definition) is 3. The van der Waals surface area contributed by atoms with Gasteiger partial charge in [-0.25, -0.2) is 4.79 Å². The molecule has 0 aliphatic carbocycles. The first kappa shape index (κ1) is 17.0. The maximum atomic E-state index is 11.6. The Kier molecular flexibility index (Phi) is 6.11. The molecule has 0 saturated heterocycles. The smallest absolute Gasteiger partial charge is 0.338 e. The van der Waals surface area contributed by atoms with Gasteiger partial charge in [-0.2, -0.15) is 0 Å². The van der Waals surface area contributed by atoms with Gasteiger partial charge in [-0.15, -0.1) is 0 Å². The number of ether oxygens (including phenoxy) is 1. The summed E-state index contributed by atoms with van der Waals surface area (Å²) in [7, 11) is 0. The molecule has 0 saturated carbocycles. The Morgan fingerprint density at radius 2 is 1.74 bits per heavy atom. The highest BCUT2D eigenvalue weighted by Crippen LogP contribution is 2.14. The molecule has 2 aromatic carbocycles. The van der Waals surface area contributed by atoms with E-state index in [1.54, 1.807) is 31.2 Å². The molecule has 4 nitrogen and oxygen atoms in total. The summed E-state index contributed by atoms with van der Waals surface area (Å²) in [6.07, 6.45) is 0.977. The number of esters is 1. The van der Waals surface area contributed by atoms with Crippen molar-refractivity contribution in [1.82, 2.24) is 0 Å². The number of rotatable bonds is 5. The molecule has 0 radical (unpaired) electrons. The molecule has 23 heavy (non-hydrogen) atoms. The van der Waals surface area contributed by atoms with Crippen molar-refractivity contribution in [2.24, 2.45) is 0 Å². The predicted molar refractivity (Wildman–Crippen MR) is 98.1 cm³/mol. The highest BCUT2D eigenvalue weighted by atomic mass is 32.1. The second-order valence-corrected chi connectivity index (χ2v) is 5.34. The predicted octanol–water partition coefficient (Wildman–Crippen LogP) is 4.23. The fourth-order valence-corrected chi connectivity index (χ4v) is 2.30. The third-order valence-electron chi connectivity index (χ3n) is 3.25. The van der Waals surface area contributed by atoms with Crippen LogP contribution in [0.15, 0.2) is 48.5 Å². The first-order valence-electron chi connectivity index (χ1n) is 7.56. The number of carbonyl (C=O) groups is 1. The van der Waals surface area contributed by atoms with Crippen LogP contribution in [0, 0.1) is 0 Å². The van der Waals surface area contributed by atoms with E-state index in [0.717, 1.165) is 17.8 Å². The van der Waals surface area contributed by atoms with E-state index in [4.69, 9.17) is 17.0 Å². The zero-order valence-corrected chi connectivity index (χ0v) is 14.1. The molecule has 0 amide bonds. The summed E-state index contributed by atoms with van der Waals surface area (Å²) in [5.74, 6) is -0.323. The highest BCUT2D eigenvalue weighted by Gasteiger charge is 2.06. The lowest BCUT2D eigenvalue weighted by molar-refractivity contribution is 0.0526. The largest absolute Gasteiger partial charge is 0.462 e. The molecule has 0 aliphatic rings. The minimum Gasteiger partial charge on any atom is -0.462 e. The van der Waals surface area contributed by atoms with Crippen LogP contribution in [-0.2, 0) is 11.2 Å². The van der Waals surface area contributed by atoms with Crippen molar-refractivity contribution in [3.05, 3.63) is 59.7 Å². The number of hydrogen-bond donors (Lipinski definition) is 2. The Bertz CT molecular complexity index is 684. The Hall–Kier alpha value is -2.40. The van der Waals surface area contributed by atoms with Gasteiger partial charge >= 0.3 is 5.97 Å². The summed E-state index contributed by atoms with van der Waals surface area (Å²) in [6, 6.07) is 15.1. The maximum Gasteiger partial charge on any atom is 0.338 e. The van der Waals surface area contributed by atoms with Crippen molar-refractivity contribution in [2.75, 3.05) is 17.2 Å². The quantitative estimate of drug-likeness (QED) is 0.635. The molecule has 0 bridgehead atoms. The Morgan fingerprint density at radius 3 is 2.39 bits per heavy atom. The monoisotopic (exact) mass is 328 g/mol. The molecule has 2 N–H and O–H groups in total. The Labute approximate surface area is 141 Å². The van der Waals surface area contributed by atoms with Gasteiger partial charge in [0.05, 0.1) is 12.2 Å². The summed E-state index contributed by atoms with van der Waals surface area (Å²) >= 11 is 5.31. The zero-order chi connectivity index (χ0) is 16.7. The van der Waals surface area contributed by atoms with E-state index in [1.165, 1.54) is 5.56 Å². The van der Waals surface area contributed by atoms with Gasteiger partial charge in [0, 0.05) is 11.4 Å². The molecular formula is C18H20N2O2S. The van der Waals surface area contributed by atoms with Gasteiger partial charge in [-0.3, -0.25) is 0 Å². The van der Waals surface area contributed by atoms with Gasteiger partial charge in [0.1, 0.15) is 0 Å². The van der Waals surface area contributed by atoms with Crippen molar-refractivity contribution in [2.45, 2.75) is 20.3 Å². The van der Waals surface area contributed by atoms with Gasteiger partial charge in [-0.05, 0) is 67.5 Å². The molecule has 0 aromatic heterocycles. The number of benzene rings is 2. The SMILES string of the molecule is CCOC(=O)c1ccc(NC(=S)Nc2cccc(CC)c2)cc1. The van der Waals surface area contributed by atoms with Gasteiger partial charge in [-0.1, -0.05) is 19.1 Å². The molecule has 120 valence electrons. The number of aryl methyl sites for hydroxylation is 1. The minimum atomic E-state index is -0.323. The highest BCUT2D eigenvalue weighted by molar-refractivity contribution is 7.80. The second-order valence-electron chi connectivity index (χ2n) is 4.93. The zero-order valence-electron chi connectivity index (χ0n) is 13.3. The third kappa shape index (κ3) is 5.07. The molecule has 0 unspecified atom stereocenters. The van der Waals surface area contributed by atoms with Gasteiger partial charge in [0.15, 0.2) is 5.11 Å². The summed E-state index contributed by atoms with van der Waals surface area (Å²) < 4.78 is 4.95. The summed E-state index contributed by atoms with van der Waals surface area (Å²) in [4.78, 5) is 11.6. The lowest BCUT2D eigenvalue weighted by atomic mass is 10.1. The number of anilines is 2. The van der Waals surface area contributed by atoms with Crippen LogP contribution in [-0.4, -0.2) is 17.7 Å². The number of thiocarbonyl (C=S) groups is 1. The number of nitrogens with one attached hydrogen (secondary N) is 2. The molecule has 0 fully saturated rings. The van der Waals surface area contributed by atoms with E-state index < -0.39 is 0 Å². The molecule has 0 atom stereocenters. The minimum absolute atomic E-state index is 0.323. The fourth-order valence-electron chi connectivity index (χ4n) is 2.07. The summed E-state index contributed by atoms with van der Waals surface area (Å²) in [5.41, 5.74) is 3.52. The van der Waals surface area contributed by atoms with E-state index in [0.29, 0.717) is 17.3 Å². The third-order valence-corrected chi connectivity index (χ3v) is 3.45. The van der Waals surface area contributed by atoms with Crippen molar-refractivity contribution < 1.29 is 9.53 Å². The molecule has 0 aliphatic heterocycles. The molecule has 2 rings (SSSR count). The number of carbonyl (C=O) groups excluding carboxylic acids is 1. The van der Waals surface area contributed by atoms with Gasteiger partial charge in [0.2, 0.25) is 0 Å². The molecule has 0 heterocycles. The van der Waals surface area contributed by atoms with Crippen LogP contribution in [0.4, 0.5) is 11.4 Å². The van der Waals surface area contributed by atoms with Crippen LogP contribution in [0.25, 0.3) is 0 Å². The van der Waals surface area contributed by atoms with Crippen molar-refractivity contribution in [1.29, 1.82) is 0 Å². The second kappa shape index (κ2) is 8.29. The standard InChI is InChI=1S/C18H20N2O2S/c1-3-13-6-5-7-16(12-13)20-18(23)19-15-10-8-14(9-11-15)17(21)22-4-2/h5-12H,3-4H2,1-2H3,(H2,19,20,23). The lowest BCUT2D eigenvalue weighted by Gasteiger charge is -2.11. The van der Waals surface area contributed by atoms with Crippen molar-refractivity contribution >= 4 is 34.7 Å². The van der Waals surface area contributed by atoms with Crippen molar-refractivity contribution in [3.63, 3.8) is 0 Å². The average Bonchev–Trinajstić information content (AvgIpc) is 2.55. The maximum absolute atomic E-state index is 11.6. The topological polar surface area (TPSA) is 50.4 Å². The Balaban J connectivity index is 1.96. The van der Waals surface area contributed by atoms with Gasteiger partial charge < -0.3 is 15.4 Å². The molecule has 0 spiro atoms. The van der Waals surface area contributed by atoms with Gasteiger partial charge in [0.25, 0.3) is 0 Å². The molecular weight excluding hydrogens is 308 g/mol. The lowest BCUT2D eigenvalue weighted by Crippen LogP contribution is -2.19. The van der Waals surface area contributed by atoms with Crippen LogP contribution in [0.2, 0.25) is 0 Å². The summed E-state index contributed by atoms with van der Waals surface area (Å²) in [5, 5.41) is 6.75. The van der Waals surface area contributed by atoms with Crippen LogP contribution in [0.3, 0.4) is 0 Å². The van der Waals surface area contributed by atoms with Crippen molar-refractivity contribution in [3.8, 4) is 0 Å². The molecule has 5 heteroatoms. The fraction of sp³-hybridized carbons (Fsp3) is 0.222. The van der Waals surface area contributed by atoms with E-state index in [1.807, 2.05) is 12.1 Å². The van der Waals surface area contributed by atoms with Crippen LogP contribution >= 0.6 is 12.2 Å². The van der Waals surface area contributed by atoms with E-state index >= 15 is 0 Å². The van der Waals surface area contributed by atoms with Crippen LogP contribution < -0.4 is 10.6 Å². The Morgan fingerprint density at radius 1 is 1.04 bits per heavy atom. The first-order chi connectivity index (χ1) is 11.1. The first-order valence-corrected chi connectivity index (χ1v) is 7.97. The average molecular weight is 328 g/mol. The molecule has 2 aromatic rings. The van der Waals surface area contributed by atoms with E-state index in [9.17, 15) is 4.79 Å². The normalized spacial score (nSPS) is 10.0. The van der Waals surface area contributed by atoms with E-state index in [2.05, 4.69) is 29.7 Å². The summed E-state index contributed by atoms with van der Waals surface area (Å²) in [6.45, 7) is 4.26.